The van der Waals surface area contributed by atoms with Crippen molar-refractivity contribution < 1.29 is 14.4 Å². The Morgan fingerprint density at radius 3 is 2.54 bits per heavy atom. The van der Waals surface area contributed by atoms with Crippen LogP contribution in [0.2, 0.25) is 0 Å². The second-order valence-electron chi connectivity index (χ2n) is 4.89. The molecule has 0 atom stereocenters. The number of thioether (sulfide) groups is 1. The third-order valence-electron chi connectivity index (χ3n) is 2.83. The largest absolute Gasteiger partial charge is 0.325 e. The number of carbonyl (C=O) groups is 3. The second-order valence-corrected chi connectivity index (χ2v) is 6.82. The molecule has 0 saturated heterocycles. The van der Waals surface area contributed by atoms with Crippen LogP contribution in [0.1, 0.15) is 15.2 Å². The van der Waals surface area contributed by atoms with Crippen molar-refractivity contribution in [2.24, 2.45) is 0 Å². The fourth-order valence-corrected chi connectivity index (χ4v) is 3.02. The molecule has 1 heterocycles. The van der Waals surface area contributed by atoms with Crippen LogP contribution >= 0.6 is 23.1 Å². The number of thiophene rings is 1. The third kappa shape index (κ3) is 6.05. The van der Waals surface area contributed by atoms with Crippen molar-refractivity contribution >= 4 is 46.5 Å². The van der Waals surface area contributed by atoms with Gasteiger partial charge < -0.3 is 5.32 Å². The molecular formula is C16H17N3O3S2. The summed E-state index contributed by atoms with van der Waals surface area (Å²) in [7, 11) is 0. The van der Waals surface area contributed by atoms with E-state index in [0.717, 1.165) is 11.3 Å². The molecule has 6 nitrogen and oxygen atoms in total. The first kappa shape index (κ1) is 18.0. The van der Waals surface area contributed by atoms with Gasteiger partial charge in [-0.15, -0.1) is 23.1 Å². The first-order valence-corrected chi connectivity index (χ1v) is 9.15. The zero-order valence-corrected chi connectivity index (χ0v) is 14.6. The second kappa shape index (κ2) is 9.09. The van der Waals surface area contributed by atoms with Gasteiger partial charge in [-0.25, -0.2) is 0 Å². The van der Waals surface area contributed by atoms with Gasteiger partial charge in [0.1, 0.15) is 0 Å². The molecule has 3 N–H and O–H groups in total. The molecular weight excluding hydrogens is 346 g/mol. The van der Waals surface area contributed by atoms with Crippen molar-refractivity contribution in [2.45, 2.75) is 6.92 Å². The Kier molecular flexibility index (Phi) is 6.83. The van der Waals surface area contributed by atoms with E-state index in [-0.39, 0.29) is 29.2 Å². The Labute approximate surface area is 148 Å². The molecule has 2 aromatic rings. The lowest BCUT2D eigenvalue weighted by Gasteiger charge is -2.07. The van der Waals surface area contributed by atoms with Crippen LogP contribution in [-0.2, 0) is 9.59 Å². The zero-order chi connectivity index (χ0) is 17.4. The number of hydrogen-bond acceptors (Lipinski definition) is 5. The van der Waals surface area contributed by atoms with Gasteiger partial charge >= 0.3 is 0 Å². The van der Waals surface area contributed by atoms with E-state index in [4.69, 9.17) is 0 Å². The van der Waals surface area contributed by atoms with Crippen LogP contribution in [0, 0.1) is 6.92 Å². The molecule has 0 bridgehead atoms. The Hall–Kier alpha value is -2.32. The van der Waals surface area contributed by atoms with Crippen LogP contribution in [0.3, 0.4) is 0 Å². The van der Waals surface area contributed by atoms with E-state index >= 15 is 0 Å². The Morgan fingerprint density at radius 1 is 1.04 bits per heavy atom. The van der Waals surface area contributed by atoms with Crippen molar-refractivity contribution in [2.75, 3.05) is 16.8 Å². The van der Waals surface area contributed by atoms with Gasteiger partial charge in [-0.2, -0.15) is 0 Å². The summed E-state index contributed by atoms with van der Waals surface area (Å²) in [5.74, 6) is -0.679. The smallest absolute Gasteiger partial charge is 0.279 e. The minimum absolute atomic E-state index is 0.0754. The van der Waals surface area contributed by atoms with Gasteiger partial charge in [-0.1, -0.05) is 18.2 Å². The molecule has 2 rings (SSSR count). The SMILES string of the molecule is Cc1cccc(NC(=O)CSCC(=O)NNC(=O)c2cccs2)c1. The summed E-state index contributed by atoms with van der Waals surface area (Å²) in [5, 5.41) is 4.54. The van der Waals surface area contributed by atoms with Crippen LogP contribution in [0.4, 0.5) is 5.69 Å². The van der Waals surface area contributed by atoms with Gasteiger partial charge in [0.05, 0.1) is 16.4 Å². The molecule has 0 spiro atoms. The highest BCUT2D eigenvalue weighted by molar-refractivity contribution is 8.00. The van der Waals surface area contributed by atoms with Crippen molar-refractivity contribution in [1.29, 1.82) is 0 Å². The highest BCUT2D eigenvalue weighted by atomic mass is 32.2. The number of nitrogens with one attached hydrogen (secondary N) is 3. The van der Waals surface area contributed by atoms with Crippen LogP contribution in [0.25, 0.3) is 0 Å². The molecule has 1 aromatic carbocycles. The molecule has 0 aliphatic carbocycles. The van der Waals surface area contributed by atoms with Gasteiger partial charge in [0.15, 0.2) is 0 Å². The quantitative estimate of drug-likeness (QED) is 0.687. The number of hydrazine groups is 1. The summed E-state index contributed by atoms with van der Waals surface area (Å²) in [6.07, 6.45) is 0. The molecule has 126 valence electrons. The minimum Gasteiger partial charge on any atom is -0.325 e. The maximum absolute atomic E-state index is 11.8. The van der Waals surface area contributed by atoms with E-state index in [1.54, 1.807) is 17.5 Å². The number of amides is 3. The lowest BCUT2D eigenvalue weighted by atomic mass is 10.2. The number of benzene rings is 1. The lowest BCUT2D eigenvalue weighted by molar-refractivity contribution is -0.119. The highest BCUT2D eigenvalue weighted by Crippen LogP contribution is 2.10. The molecule has 0 unspecified atom stereocenters. The summed E-state index contributed by atoms with van der Waals surface area (Å²) in [6, 6.07) is 10.9. The molecule has 3 amide bonds. The Morgan fingerprint density at radius 2 is 1.83 bits per heavy atom. The van der Waals surface area contributed by atoms with Crippen molar-refractivity contribution in [3.63, 3.8) is 0 Å². The van der Waals surface area contributed by atoms with E-state index in [1.165, 1.54) is 23.1 Å². The van der Waals surface area contributed by atoms with Crippen LogP contribution in [0.15, 0.2) is 41.8 Å². The maximum atomic E-state index is 11.8. The number of aryl methyl sites for hydroxylation is 1. The molecule has 24 heavy (non-hydrogen) atoms. The highest BCUT2D eigenvalue weighted by Gasteiger charge is 2.09. The summed E-state index contributed by atoms with van der Waals surface area (Å²) in [6.45, 7) is 1.94. The zero-order valence-electron chi connectivity index (χ0n) is 13.0. The van der Waals surface area contributed by atoms with E-state index in [2.05, 4.69) is 16.2 Å². The number of carbonyl (C=O) groups excluding carboxylic acids is 3. The van der Waals surface area contributed by atoms with Gasteiger partial charge in [-0.3, -0.25) is 25.2 Å². The molecule has 0 fully saturated rings. The van der Waals surface area contributed by atoms with Gasteiger partial charge in [0.25, 0.3) is 5.91 Å². The van der Waals surface area contributed by atoms with Crippen LogP contribution < -0.4 is 16.2 Å². The maximum Gasteiger partial charge on any atom is 0.279 e. The van der Waals surface area contributed by atoms with Crippen molar-refractivity contribution in [3.05, 3.63) is 52.2 Å². The molecule has 1 aromatic heterocycles. The fraction of sp³-hybridized carbons (Fsp3) is 0.188. The third-order valence-corrected chi connectivity index (χ3v) is 4.63. The summed E-state index contributed by atoms with van der Waals surface area (Å²) in [4.78, 5) is 35.6. The fourth-order valence-electron chi connectivity index (χ4n) is 1.79. The monoisotopic (exact) mass is 363 g/mol. The Balaban J connectivity index is 1.63. The first-order chi connectivity index (χ1) is 11.5. The van der Waals surface area contributed by atoms with Crippen LogP contribution in [0.5, 0.6) is 0 Å². The average Bonchev–Trinajstić information content (AvgIpc) is 3.07. The number of rotatable bonds is 6. The molecule has 8 heteroatoms. The van der Waals surface area contributed by atoms with Gasteiger partial charge in [-0.05, 0) is 36.1 Å². The normalized spacial score (nSPS) is 10.0. The van der Waals surface area contributed by atoms with Crippen LogP contribution in [-0.4, -0.2) is 29.2 Å². The van der Waals surface area contributed by atoms with E-state index in [9.17, 15) is 14.4 Å². The van der Waals surface area contributed by atoms with E-state index in [1.807, 2.05) is 31.2 Å². The summed E-state index contributed by atoms with van der Waals surface area (Å²) < 4.78 is 0. The lowest BCUT2D eigenvalue weighted by Crippen LogP contribution is -2.42. The molecule has 0 aliphatic rings. The van der Waals surface area contributed by atoms with E-state index < -0.39 is 0 Å². The standard InChI is InChI=1S/C16H17N3O3S2/c1-11-4-2-5-12(8-11)17-14(20)9-23-10-15(21)18-19-16(22)13-6-3-7-24-13/h2-8H,9-10H2,1H3,(H,17,20)(H,18,21)(H,19,22). The summed E-state index contributed by atoms with van der Waals surface area (Å²) in [5.41, 5.74) is 6.43. The predicted octanol–water partition coefficient (Wildman–Crippen LogP) is 2.19. The first-order valence-electron chi connectivity index (χ1n) is 7.11. The Bertz CT molecular complexity index is 717. The predicted molar refractivity (Wildman–Crippen MR) is 97.1 cm³/mol. The van der Waals surface area contributed by atoms with Crippen molar-refractivity contribution in [1.82, 2.24) is 10.9 Å². The average molecular weight is 363 g/mol. The molecule has 0 aliphatic heterocycles. The number of anilines is 1. The van der Waals surface area contributed by atoms with Gasteiger partial charge in [0.2, 0.25) is 11.8 Å². The topological polar surface area (TPSA) is 87.3 Å². The van der Waals surface area contributed by atoms with E-state index in [0.29, 0.717) is 4.88 Å². The van der Waals surface area contributed by atoms with Gasteiger partial charge in [0, 0.05) is 5.69 Å². The summed E-state index contributed by atoms with van der Waals surface area (Å²) >= 11 is 2.45. The number of hydrogen-bond donors (Lipinski definition) is 3. The van der Waals surface area contributed by atoms with Crippen molar-refractivity contribution in [3.8, 4) is 0 Å². The molecule has 0 saturated carbocycles. The minimum atomic E-state index is -0.367. The molecule has 0 radical (unpaired) electrons.